The number of allylic oxidation sites excluding steroid dienone is 2. The third kappa shape index (κ3) is 3.97. The molecule has 144 valence electrons. The van der Waals surface area contributed by atoms with E-state index in [1.165, 1.54) is 6.92 Å². The van der Waals surface area contributed by atoms with E-state index in [0.29, 0.717) is 18.6 Å². The highest BCUT2D eigenvalue weighted by molar-refractivity contribution is 6.08. The highest BCUT2D eigenvalue weighted by atomic mass is 16.6. The summed E-state index contributed by atoms with van der Waals surface area (Å²) < 4.78 is 15.7. The first-order valence-electron chi connectivity index (χ1n) is 8.98. The van der Waals surface area contributed by atoms with E-state index in [0.717, 1.165) is 10.6 Å². The first-order chi connectivity index (χ1) is 13.0. The third-order valence-electron chi connectivity index (χ3n) is 4.93. The normalized spacial score (nSPS) is 22.4. The number of ether oxygens (including phenoxy) is 3. The summed E-state index contributed by atoms with van der Waals surface area (Å²) in [5, 5.41) is 0. The van der Waals surface area contributed by atoms with Crippen LogP contribution in [0.3, 0.4) is 0 Å². The van der Waals surface area contributed by atoms with Gasteiger partial charge in [-0.25, -0.2) is 4.79 Å². The lowest BCUT2D eigenvalue weighted by Gasteiger charge is -2.21. The molecule has 7 nitrogen and oxygen atoms in total. The molecule has 1 aliphatic carbocycles. The third-order valence-corrected chi connectivity index (χ3v) is 4.93. The van der Waals surface area contributed by atoms with Crippen molar-refractivity contribution in [3.05, 3.63) is 36.4 Å². The van der Waals surface area contributed by atoms with E-state index in [-0.39, 0.29) is 36.9 Å². The molecule has 2 aliphatic rings. The van der Waals surface area contributed by atoms with Crippen molar-refractivity contribution in [1.29, 1.82) is 0 Å². The zero-order valence-electron chi connectivity index (χ0n) is 15.4. The molecule has 2 amide bonds. The van der Waals surface area contributed by atoms with Gasteiger partial charge in [-0.2, -0.15) is 0 Å². The number of imide groups is 1. The van der Waals surface area contributed by atoms with Crippen molar-refractivity contribution in [2.24, 2.45) is 11.8 Å². The minimum absolute atomic E-state index is 0.0276. The zero-order valence-corrected chi connectivity index (χ0v) is 15.4. The number of methoxy groups -OCH3 is 1. The molecule has 0 bridgehead atoms. The predicted molar refractivity (Wildman–Crippen MR) is 96.1 cm³/mol. The van der Waals surface area contributed by atoms with Gasteiger partial charge in [-0.05, 0) is 44.0 Å². The van der Waals surface area contributed by atoms with Crippen molar-refractivity contribution in [2.45, 2.75) is 25.8 Å². The summed E-state index contributed by atoms with van der Waals surface area (Å²) in [5.74, 6) is -0.532. The number of amides is 2. The fraction of sp³-hybridized carbons (Fsp3) is 0.450. The molecule has 0 radical (unpaired) electrons. The van der Waals surface area contributed by atoms with Crippen LogP contribution in [0.25, 0.3) is 0 Å². The van der Waals surface area contributed by atoms with Crippen LogP contribution in [0.5, 0.6) is 11.5 Å². The fourth-order valence-corrected chi connectivity index (χ4v) is 3.41. The van der Waals surface area contributed by atoms with Gasteiger partial charge in [0.1, 0.15) is 30.8 Å². The molecular formula is C20H23NO6. The maximum absolute atomic E-state index is 12.5. The number of rotatable bonds is 7. The summed E-state index contributed by atoms with van der Waals surface area (Å²) in [4.78, 5) is 38.3. The molecule has 0 aromatic heterocycles. The Morgan fingerprint density at radius 1 is 1.04 bits per heavy atom. The molecular weight excluding hydrogens is 350 g/mol. The van der Waals surface area contributed by atoms with Gasteiger partial charge in [-0.1, -0.05) is 12.2 Å². The molecule has 1 aromatic rings. The lowest BCUT2D eigenvalue weighted by atomic mass is 9.85. The number of fused-ring (bicyclic) bond motifs is 1. The second-order valence-electron chi connectivity index (χ2n) is 6.57. The van der Waals surface area contributed by atoms with Crippen molar-refractivity contribution in [2.75, 3.05) is 20.3 Å². The van der Waals surface area contributed by atoms with E-state index in [1.54, 1.807) is 31.4 Å². The van der Waals surface area contributed by atoms with E-state index in [1.807, 2.05) is 12.2 Å². The number of esters is 1. The van der Waals surface area contributed by atoms with Gasteiger partial charge in [0, 0.05) is 0 Å². The van der Waals surface area contributed by atoms with Crippen molar-refractivity contribution in [3.63, 3.8) is 0 Å². The largest absolute Gasteiger partial charge is 0.497 e. The van der Waals surface area contributed by atoms with Crippen LogP contribution >= 0.6 is 0 Å². The smallest absolute Gasteiger partial charge is 0.329 e. The molecule has 1 aromatic carbocycles. The van der Waals surface area contributed by atoms with Crippen LogP contribution in [-0.4, -0.2) is 49.0 Å². The molecule has 0 spiro atoms. The van der Waals surface area contributed by atoms with E-state index < -0.39 is 12.0 Å². The topological polar surface area (TPSA) is 82.1 Å². The van der Waals surface area contributed by atoms with Crippen LogP contribution in [0.4, 0.5) is 0 Å². The second-order valence-corrected chi connectivity index (χ2v) is 6.57. The SMILES string of the molecule is COc1ccc(OCCOC(=O)C(C)N2C(=O)C3CC=CCC3C2=O)cc1. The Morgan fingerprint density at radius 3 is 2.15 bits per heavy atom. The van der Waals surface area contributed by atoms with Gasteiger partial charge >= 0.3 is 5.97 Å². The average molecular weight is 373 g/mol. The highest BCUT2D eigenvalue weighted by Crippen LogP contribution is 2.36. The highest BCUT2D eigenvalue weighted by Gasteiger charge is 2.50. The molecule has 0 N–H and O–H groups in total. The van der Waals surface area contributed by atoms with Crippen molar-refractivity contribution < 1.29 is 28.6 Å². The molecule has 3 unspecified atom stereocenters. The molecule has 27 heavy (non-hydrogen) atoms. The van der Waals surface area contributed by atoms with Gasteiger partial charge < -0.3 is 14.2 Å². The van der Waals surface area contributed by atoms with Gasteiger partial charge in [0.05, 0.1) is 18.9 Å². The van der Waals surface area contributed by atoms with Gasteiger partial charge in [-0.15, -0.1) is 0 Å². The molecule has 1 aliphatic heterocycles. The zero-order chi connectivity index (χ0) is 19.4. The second kappa shape index (κ2) is 8.24. The van der Waals surface area contributed by atoms with Crippen LogP contribution in [-0.2, 0) is 19.1 Å². The maximum atomic E-state index is 12.5. The number of carbonyl (C=O) groups is 3. The molecule has 7 heteroatoms. The fourth-order valence-electron chi connectivity index (χ4n) is 3.41. The van der Waals surface area contributed by atoms with Gasteiger partial charge in [0.25, 0.3) is 0 Å². The number of hydrogen-bond donors (Lipinski definition) is 0. The van der Waals surface area contributed by atoms with Gasteiger partial charge in [0.2, 0.25) is 11.8 Å². The quantitative estimate of drug-likeness (QED) is 0.314. The van der Waals surface area contributed by atoms with Crippen LogP contribution in [0.1, 0.15) is 19.8 Å². The van der Waals surface area contributed by atoms with Crippen LogP contribution < -0.4 is 9.47 Å². The Kier molecular flexibility index (Phi) is 5.78. The summed E-state index contributed by atoms with van der Waals surface area (Å²) in [7, 11) is 1.58. The van der Waals surface area contributed by atoms with E-state index in [2.05, 4.69) is 0 Å². The van der Waals surface area contributed by atoms with E-state index in [4.69, 9.17) is 14.2 Å². The summed E-state index contributed by atoms with van der Waals surface area (Å²) in [6, 6.07) is 6.10. The Balaban J connectivity index is 1.47. The molecule has 1 heterocycles. The first kappa shape index (κ1) is 18.9. The Morgan fingerprint density at radius 2 is 1.59 bits per heavy atom. The van der Waals surface area contributed by atoms with Crippen molar-refractivity contribution in [3.8, 4) is 11.5 Å². The molecule has 1 fully saturated rings. The number of carbonyl (C=O) groups excluding carboxylic acids is 3. The first-order valence-corrected chi connectivity index (χ1v) is 8.98. The lowest BCUT2D eigenvalue weighted by Crippen LogP contribution is -2.44. The lowest BCUT2D eigenvalue weighted by molar-refractivity contribution is -0.158. The number of nitrogens with zero attached hydrogens (tertiary/aromatic N) is 1. The Bertz CT molecular complexity index is 715. The number of likely N-dealkylation sites (tertiary alicyclic amines) is 1. The average Bonchev–Trinajstić information content (AvgIpc) is 2.95. The van der Waals surface area contributed by atoms with Crippen molar-refractivity contribution in [1.82, 2.24) is 4.90 Å². The maximum Gasteiger partial charge on any atom is 0.329 e. The Labute approximate surface area is 157 Å². The van der Waals surface area contributed by atoms with E-state index in [9.17, 15) is 14.4 Å². The van der Waals surface area contributed by atoms with Gasteiger partial charge in [0.15, 0.2) is 0 Å². The standard InChI is InChI=1S/C20H23NO6/c1-13(21-18(22)16-5-3-4-6-17(16)19(21)23)20(24)27-12-11-26-15-9-7-14(25-2)8-10-15/h3-4,7-10,13,16-17H,5-6,11-12H2,1-2H3. The molecule has 3 rings (SSSR count). The minimum atomic E-state index is -0.934. The molecule has 3 atom stereocenters. The van der Waals surface area contributed by atoms with E-state index >= 15 is 0 Å². The summed E-state index contributed by atoms with van der Waals surface area (Å²) in [5.41, 5.74) is 0. The summed E-state index contributed by atoms with van der Waals surface area (Å²) in [6.07, 6.45) is 4.91. The Hall–Kier alpha value is -2.83. The number of hydrogen-bond acceptors (Lipinski definition) is 6. The van der Waals surface area contributed by atoms with Crippen LogP contribution in [0.2, 0.25) is 0 Å². The molecule has 1 saturated heterocycles. The van der Waals surface area contributed by atoms with Crippen molar-refractivity contribution >= 4 is 17.8 Å². The predicted octanol–water partition coefficient (Wildman–Crippen LogP) is 1.96. The van der Waals surface area contributed by atoms with Crippen LogP contribution in [0, 0.1) is 11.8 Å². The summed E-state index contributed by atoms with van der Waals surface area (Å²) in [6.45, 7) is 1.72. The summed E-state index contributed by atoms with van der Waals surface area (Å²) >= 11 is 0. The van der Waals surface area contributed by atoms with Gasteiger partial charge in [-0.3, -0.25) is 14.5 Å². The van der Waals surface area contributed by atoms with Crippen LogP contribution in [0.15, 0.2) is 36.4 Å². The minimum Gasteiger partial charge on any atom is -0.497 e. The monoisotopic (exact) mass is 373 g/mol. The molecule has 0 saturated carbocycles. The number of benzene rings is 1.